The fourth-order valence-electron chi connectivity index (χ4n) is 2.47. The molecule has 24 heavy (non-hydrogen) atoms. The first kappa shape index (κ1) is 14.7. The minimum atomic E-state index is -1.23. The lowest BCUT2D eigenvalue weighted by Crippen LogP contribution is -2.09. The van der Waals surface area contributed by atoms with Crippen molar-refractivity contribution >= 4 is 16.9 Å². The Labute approximate surface area is 132 Å². The molecule has 1 aliphatic carbocycles. The third-order valence-electron chi connectivity index (χ3n) is 3.68. The summed E-state index contributed by atoms with van der Waals surface area (Å²) in [5.74, 6) is -4.69. The predicted octanol–water partition coefficient (Wildman–Crippen LogP) is 3.22. The summed E-state index contributed by atoms with van der Waals surface area (Å²) in [5.41, 5.74) is -1.03. The molecular weight excluding hydrogens is 326 g/mol. The average Bonchev–Trinajstić information content (AvgIpc) is 3.33. The van der Waals surface area contributed by atoms with Crippen LogP contribution in [0.1, 0.15) is 12.8 Å². The van der Waals surface area contributed by atoms with Crippen LogP contribution < -0.4 is 5.32 Å². The molecule has 2 heterocycles. The molecule has 1 N–H and O–H groups in total. The number of nitrogens with zero attached hydrogens (tertiary/aromatic N) is 4. The van der Waals surface area contributed by atoms with Crippen molar-refractivity contribution in [3.05, 3.63) is 41.9 Å². The van der Waals surface area contributed by atoms with E-state index in [1.165, 1.54) is 0 Å². The van der Waals surface area contributed by atoms with E-state index in [1.807, 2.05) is 0 Å². The highest BCUT2D eigenvalue weighted by atomic mass is 19.1. The summed E-state index contributed by atoms with van der Waals surface area (Å²) >= 11 is 0. The maximum absolute atomic E-state index is 14.5. The van der Waals surface area contributed by atoms with Crippen LogP contribution in [-0.2, 0) is 0 Å². The van der Waals surface area contributed by atoms with Gasteiger partial charge in [0.15, 0.2) is 0 Å². The van der Waals surface area contributed by atoms with E-state index in [0.717, 1.165) is 19.2 Å². The fourth-order valence-corrected chi connectivity index (χ4v) is 2.47. The zero-order valence-electron chi connectivity index (χ0n) is 12.0. The highest BCUT2D eigenvalue weighted by Crippen LogP contribution is 2.39. The minimum absolute atomic E-state index is 0.0373. The molecule has 122 valence electrons. The molecule has 3 aromatic rings. The largest absolute Gasteiger partial charge is 0.380 e. The van der Waals surface area contributed by atoms with Gasteiger partial charge in [0.05, 0.1) is 16.8 Å². The quantitative estimate of drug-likeness (QED) is 0.588. The Bertz CT molecular complexity index is 935. The van der Waals surface area contributed by atoms with Gasteiger partial charge in [-0.05, 0) is 12.8 Å². The Morgan fingerprint density at radius 2 is 1.71 bits per heavy atom. The molecule has 0 radical (unpaired) electrons. The Morgan fingerprint density at radius 3 is 2.38 bits per heavy atom. The highest BCUT2D eigenvalue weighted by molar-refractivity contribution is 5.95. The smallest absolute Gasteiger partial charge is 0.225 e. The van der Waals surface area contributed by atoms with Crippen molar-refractivity contribution in [1.29, 1.82) is 0 Å². The SMILES string of the molecule is Fc1cc(F)c(-c2c(F)nc3nncnc3c2NC2CC2)c(F)c1. The van der Waals surface area contributed by atoms with Gasteiger partial charge in [-0.1, -0.05) is 0 Å². The van der Waals surface area contributed by atoms with Gasteiger partial charge in [0.25, 0.3) is 0 Å². The second-order valence-corrected chi connectivity index (χ2v) is 5.45. The molecule has 0 bridgehead atoms. The van der Waals surface area contributed by atoms with Crippen LogP contribution in [-0.4, -0.2) is 26.2 Å². The molecule has 1 fully saturated rings. The van der Waals surface area contributed by atoms with Gasteiger partial charge in [0.2, 0.25) is 11.6 Å². The van der Waals surface area contributed by atoms with Gasteiger partial charge in [-0.15, -0.1) is 10.2 Å². The van der Waals surface area contributed by atoms with Crippen LogP contribution in [0.25, 0.3) is 22.3 Å². The molecule has 0 unspecified atom stereocenters. The molecule has 4 rings (SSSR count). The number of fused-ring (bicyclic) bond motifs is 1. The van der Waals surface area contributed by atoms with Crippen LogP contribution in [0, 0.1) is 23.4 Å². The van der Waals surface area contributed by atoms with Gasteiger partial charge in [0, 0.05) is 18.2 Å². The molecule has 0 spiro atoms. The molecule has 1 saturated carbocycles. The lowest BCUT2D eigenvalue weighted by atomic mass is 10.0. The molecule has 1 aliphatic rings. The number of rotatable bonds is 3. The molecule has 5 nitrogen and oxygen atoms in total. The van der Waals surface area contributed by atoms with Crippen LogP contribution >= 0.6 is 0 Å². The van der Waals surface area contributed by atoms with Crippen LogP contribution in [0.2, 0.25) is 0 Å². The Hall–Kier alpha value is -2.84. The Morgan fingerprint density at radius 1 is 1.00 bits per heavy atom. The predicted molar refractivity (Wildman–Crippen MR) is 77.0 cm³/mol. The molecule has 0 amide bonds. The number of anilines is 1. The standard InChI is InChI=1S/C15H9F4N5/c16-6-3-8(17)10(9(18)4-6)11-12(22-7-1-2-7)13-15(23-14(11)19)24-21-5-20-13/h3-5,7H,1-2H2,(H,22,23,24). The normalized spacial score (nSPS) is 14.2. The maximum atomic E-state index is 14.5. The summed E-state index contributed by atoms with van der Waals surface area (Å²) in [6, 6.07) is 1.01. The van der Waals surface area contributed by atoms with E-state index in [2.05, 4.69) is 25.5 Å². The number of hydrogen-bond acceptors (Lipinski definition) is 5. The number of halogens is 4. The first-order valence-electron chi connectivity index (χ1n) is 7.13. The molecule has 1 aromatic carbocycles. The Balaban J connectivity index is 2.06. The summed E-state index contributed by atoms with van der Waals surface area (Å²) in [5, 5.41) is 10.2. The summed E-state index contributed by atoms with van der Waals surface area (Å²) in [6.45, 7) is 0. The van der Waals surface area contributed by atoms with E-state index in [-0.39, 0.29) is 22.9 Å². The highest BCUT2D eigenvalue weighted by Gasteiger charge is 2.29. The molecule has 0 atom stereocenters. The van der Waals surface area contributed by atoms with E-state index >= 15 is 0 Å². The van der Waals surface area contributed by atoms with Crippen molar-refractivity contribution < 1.29 is 17.6 Å². The second-order valence-electron chi connectivity index (χ2n) is 5.45. The lowest BCUT2D eigenvalue weighted by Gasteiger charge is -2.15. The minimum Gasteiger partial charge on any atom is -0.380 e. The zero-order chi connectivity index (χ0) is 16.8. The van der Waals surface area contributed by atoms with E-state index in [4.69, 9.17) is 0 Å². The number of pyridine rings is 1. The van der Waals surface area contributed by atoms with Crippen molar-refractivity contribution in [3.8, 4) is 11.1 Å². The lowest BCUT2D eigenvalue weighted by molar-refractivity contribution is 0.542. The van der Waals surface area contributed by atoms with Crippen molar-refractivity contribution in [1.82, 2.24) is 20.2 Å². The summed E-state index contributed by atoms with van der Waals surface area (Å²) < 4.78 is 56.0. The van der Waals surface area contributed by atoms with Gasteiger partial charge >= 0.3 is 0 Å². The van der Waals surface area contributed by atoms with E-state index in [0.29, 0.717) is 12.1 Å². The molecule has 0 saturated heterocycles. The van der Waals surface area contributed by atoms with Gasteiger partial charge in [0.1, 0.15) is 29.3 Å². The summed E-state index contributed by atoms with van der Waals surface area (Å²) in [4.78, 5) is 7.56. The van der Waals surface area contributed by atoms with Crippen molar-refractivity contribution in [2.24, 2.45) is 0 Å². The van der Waals surface area contributed by atoms with Gasteiger partial charge in [-0.3, -0.25) is 0 Å². The first-order valence-corrected chi connectivity index (χ1v) is 7.13. The second kappa shape index (κ2) is 5.36. The third-order valence-corrected chi connectivity index (χ3v) is 3.68. The third kappa shape index (κ3) is 2.41. The molecular formula is C15H9F4N5. The van der Waals surface area contributed by atoms with Crippen LogP contribution in [0.3, 0.4) is 0 Å². The maximum Gasteiger partial charge on any atom is 0.225 e. The van der Waals surface area contributed by atoms with E-state index in [9.17, 15) is 17.6 Å². The first-order chi connectivity index (χ1) is 11.5. The number of aromatic nitrogens is 4. The van der Waals surface area contributed by atoms with Crippen LogP contribution in [0.15, 0.2) is 18.5 Å². The number of nitrogens with one attached hydrogen (secondary N) is 1. The molecule has 0 aliphatic heterocycles. The summed E-state index contributed by atoms with van der Waals surface area (Å²) in [6.07, 6.45) is 2.79. The molecule has 9 heteroatoms. The van der Waals surface area contributed by atoms with Crippen molar-refractivity contribution in [2.45, 2.75) is 18.9 Å². The number of hydrogen-bond donors (Lipinski definition) is 1. The van der Waals surface area contributed by atoms with Gasteiger partial charge < -0.3 is 5.32 Å². The van der Waals surface area contributed by atoms with Crippen molar-refractivity contribution in [3.63, 3.8) is 0 Å². The fraction of sp³-hybridized carbons (Fsp3) is 0.200. The van der Waals surface area contributed by atoms with E-state index in [1.54, 1.807) is 0 Å². The average molecular weight is 335 g/mol. The number of benzene rings is 1. The Kier molecular flexibility index (Phi) is 3.29. The topological polar surface area (TPSA) is 63.6 Å². The molecule has 2 aromatic heterocycles. The summed E-state index contributed by atoms with van der Waals surface area (Å²) in [7, 11) is 0. The van der Waals surface area contributed by atoms with Crippen LogP contribution in [0.4, 0.5) is 23.2 Å². The van der Waals surface area contributed by atoms with Gasteiger partial charge in [-0.25, -0.2) is 18.2 Å². The van der Waals surface area contributed by atoms with Crippen molar-refractivity contribution in [2.75, 3.05) is 5.32 Å². The van der Waals surface area contributed by atoms with Gasteiger partial charge in [-0.2, -0.15) is 9.37 Å². The van der Waals surface area contributed by atoms with E-state index < -0.39 is 34.5 Å². The monoisotopic (exact) mass is 335 g/mol. The van der Waals surface area contributed by atoms with Crippen LogP contribution in [0.5, 0.6) is 0 Å². The zero-order valence-corrected chi connectivity index (χ0v) is 12.0.